The van der Waals surface area contributed by atoms with Gasteiger partial charge in [0, 0.05) is 26.5 Å². The van der Waals surface area contributed by atoms with E-state index >= 15 is 0 Å². The number of ether oxygens (including phenoxy) is 2. The predicted molar refractivity (Wildman–Crippen MR) is 146 cm³/mol. The van der Waals surface area contributed by atoms with E-state index in [0.29, 0.717) is 32.2 Å². The molecule has 2 aromatic carbocycles. The van der Waals surface area contributed by atoms with Crippen LogP contribution in [0.15, 0.2) is 66.7 Å². The zero-order chi connectivity index (χ0) is 27.6. The molecule has 2 heterocycles. The average molecular weight is 535 g/mol. The largest absolute Gasteiger partial charge is 0.455 e. The van der Waals surface area contributed by atoms with Crippen molar-refractivity contribution in [1.29, 1.82) is 0 Å². The number of aliphatic hydroxyl groups excluding tert-OH is 1. The van der Waals surface area contributed by atoms with Gasteiger partial charge in [-0.2, -0.15) is 0 Å². The van der Waals surface area contributed by atoms with Gasteiger partial charge in [0.25, 0.3) is 0 Å². The van der Waals surface area contributed by atoms with Gasteiger partial charge in [0.1, 0.15) is 6.10 Å². The molecule has 8 nitrogen and oxygen atoms in total. The van der Waals surface area contributed by atoms with Crippen molar-refractivity contribution in [3.8, 4) is 0 Å². The van der Waals surface area contributed by atoms with Crippen LogP contribution in [0.4, 0.5) is 0 Å². The summed E-state index contributed by atoms with van der Waals surface area (Å²) in [5, 5.41) is 13.1. The van der Waals surface area contributed by atoms with Gasteiger partial charge in [0.2, 0.25) is 11.8 Å². The summed E-state index contributed by atoms with van der Waals surface area (Å²) in [6.45, 7) is 0.393. The number of hydrogen-bond acceptors (Lipinski definition) is 6. The first-order valence-electron chi connectivity index (χ1n) is 13.7. The summed E-state index contributed by atoms with van der Waals surface area (Å²) in [6, 6.07) is 16.3. The van der Waals surface area contributed by atoms with Gasteiger partial charge in [-0.3, -0.25) is 14.4 Å². The molecule has 0 aromatic heterocycles. The van der Waals surface area contributed by atoms with Crippen LogP contribution in [0.25, 0.3) is 0 Å². The summed E-state index contributed by atoms with van der Waals surface area (Å²) >= 11 is 0. The van der Waals surface area contributed by atoms with Gasteiger partial charge in [-0.05, 0) is 42.4 Å². The minimum absolute atomic E-state index is 0.00430. The molecule has 2 aromatic rings. The van der Waals surface area contributed by atoms with Crippen molar-refractivity contribution >= 4 is 17.8 Å². The first-order chi connectivity index (χ1) is 19.0. The fourth-order valence-corrected chi connectivity index (χ4v) is 5.31. The Morgan fingerprint density at radius 3 is 2.56 bits per heavy atom. The minimum Gasteiger partial charge on any atom is -0.455 e. The van der Waals surface area contributed by atoms with Crippen molar-refractivity contribution in [1.82, 2.24) is 10.2 Å². The zero-order valence-electron chi connectivity index (χ0n) is 22.5. The zero-order valence-corrected chi connectivity index (χ0v) is 22.5. The lowest BCUT2D eigenvalue weighted by Crippen LogP contribution is -2.49. The van der Waals surface area contributed by atoms with Gasteiger partial charge in [-0.25, -0.2) is 0 Å². The molecule has 4 rings (SSSR count). The van der Waals surface area contributed by atoms with Crippen LogP contribution in [0.1, 0.15) is 54.9 Å². The second kappa shape index (κ2) is 14.1. The first kappa shape index (κ1) is 28.5. The Hall–Kier alpha value is -3.49. The molecule has 2 aliphatic rings. The number of esters is 1. The Labute approximate surface area is 230 Å². The van der Waals surface area contributed by atoms with E-state index < -0.39 is 18.1 Å². The lowest BCUT2D eigenvalue weighted by molar-refractivity contribution is -0.153. The van der Waals surface area contributed by atoms with Crippen molar-refractivity contribution in [2.75, 3.05) is 20.3 Å². The monoisotopic (exact) mass is 534 g/mol. The third-order valence-electron chi connectivity index (χ3n) is 7.44. The van der Waals surface area contributed by atoms with E-state index in [-0.39, 0.29) is 49.9 Å². The van der Waals surface area contributed by atoms with Crippen LogP contribution in [-0.4, -0.2) is 60.2 Å². The maximum atomic E-state index is 13.7. The second-order valence-corrected chi connectivity index (χ2v) is 10.2. The number of aliphatic hydroxyl groups is 1. The Bertz CT molecular complexity index is 1150. The fraction of sp³-hybridized carbons (Fsp3) is 0.452. The van der Waals surface area contributed by atoms with E-state index in [1.54, 1.807) is 4.90 Å². The highest BCUT2D eigenvalue weighted by Crippen LogP contribution is 2.27. The molecule has 0 radical (unpaired) electrons. The molecule has 0 saturated carbocycles. The topological polar surface area (TPSA) is 105 Å². The Morgan fingerprint density at radius 2 is 1.82 bits per heavy atom. The number of allylic oxidation sites excluding steroid dienone is 2. The van der Waals surface area contributed by atoms with Crippen LogP contribution in [0.2, 0.25) is 0 Å². The number of fused-ring (bicyclic) bond motifs is 1. The highest BCUT2D eigenvalue weighted by Gasteiger charge is 2.34. The van der Waals surface area contributed by atoms with E-state index in [0.717, 1.165) is 16.7 Å². The van der Waals surface area contributed by atoms with Gasteiger partial charge in [0.15, 0.2) is 0 Å². The van der Waals surface area contributed by atoms with E-state index in [1.165, 1.54) is 7.11 Å². The lowest BCUT2D eigenvalue weighted by atomic mass is 9.92. The van der Waals surface area contributed by atoms with Gasteiger partial charge < -0.3 is 24.8 Å². The number of nitrogens with one attached hydrogen (secondary N) is 1. The molecular weight excluding hydrogens is 496 g/mol. The number of rotatable bonds is 6. The number of benzene rings is 2. The molecule has 4 atom stereocenters. The van der Waals surface area contributed by atoms with Gasteiger partial charge in [-0.15, -0.1) is 0 Å². The molecule has 0 aliphatic carbocycles. The number of methoxy groups -OCH3 is 1. The number of cyclic esters (lactones) is 1. The van der Waals surface area contributed by atoms with E-state index in [4.69, 9.17) is 9.47 Å². The van der Waals surface area contributed by atoms with Crippen molar-refractivity contribution < 1.29 is 29.0 Å². The third-order valence-corrected chi connectivity index (χ3v) is 7.44. The van der Waals surface area contributed by atoms with Crippen LogP contribution in [-0.2, 0) is 36.8 Å². The summed E-state index contributed by atoms with van der Waals surface area (Å²) in [5.74, 6) is -1.43. The molecule has 2 N–H and O–H groups in total. The maximum absolute atomic E-state index is 13.7. The summed E-state index contributed by atoms with van der Waals surface area (Å²) < 4.78 is 11.3. The molecule has 39 heavy (non-hydrogen) atoms. The first-order valence-corrected chi connectivity index (χ1v) is 13.7. The Morgan fingerprint density at radius 1 is 1.08 bits per heavy atom. The van der Waals surface area contributed by atoms with Crippen molar-refractivity contribution in [2.45, 2.75) is 63.3 Å². The van der Waals surface area contributed by atoms with Crippen molar-refractivity contribution in [2.24, 2.45) is 5.92 Å². The van der Waals surface area contributed by atoms with Crippen LogP contribution in [0, 0.1) is 5.92 Å². The Balaban J connectivity index is 1.56. The molecule has 0 spiro atoms. The van der Waals surface area contributed by atoms with E-state index in [2.05, 4.69) is 5.32 Å². The number of hydrogen-bond donors (Lipinski definition) is 2. The minimum atomic E-state index is -0.731. The van der Waals surface area contributed by atoms with E-state index in [1.807, 2.05) is 66.7 Å². The van der Waals surface area contributed by atoms with Crippen LogP contribution in [0.3, 0.4) is 0 Å². The van der Waals surface area contributed by atoms with Crippen LogP contribution < -0.4 is 5.32 Å². The summed E-state index contributed by atoms with van der Waals surface area (Å²) in [6.07, 6.45) is 5.66. The number of carbonyl (C=O) groups excluding carboxylic acids is 3. The van der Waals surface area contributed by atoms with Crippen LogP contribution in [0.5, 0.6) is 0 Å². The summed E-state index contributed by atoms with van der Waals surface area (Å²) in [5.41, 5.74) is 2.95. The second-order valence-electron chi connectivity index (χ2n) is 10.2. The van der Waals surface area contributed by atoms with Crippen molar-refractivity contribution in [3.63, 3.8) is 0 Å². The molecule has 2 amide bonds. The van der Waals surface area contributed by atoms with Crippen molar-refractivity contribution in [3.05, 3.63) is 83.4 Å². The SMILES string of the molecule is COC[C@@H]1NC(=O)[C@@H](CC(=O)N2Cc3ccccc3C[C@H]2CO)CC=CCCCC(=O)O[C@H]1c1ccccc1. The fourth-order valence-electron chi connectivity index (χ4n) is 5.31. The Kier molecular flexibility index (Phi) is 10.3. The quantitative estimate of drug-likeness (QED) is 0.434. The van der Waals surface area contributed by atoms with Gasteiger partial charge in [0.05, 0.1) is 31.2 Å². The standard InChI is InChI=1S/C31H38N2O6/c1-38-21-27-30(22-11-6-4-7-12-22)39-29(36)16-8-3-2-5-14-24(31(37)32-27)18-28(35)33-19-25-15-10-9-13-23(25)17-26(33)20-34/h2,4-7,9-13,15,24,26-27,30,34H,3,8,14,16-21H2,1H3,(H,32,37)/t24-,26+,27+,30+/m1/s1. The highest BCUT2D eigenvalue weighted by atomic mass is 16.5. The van der Waals surface area contributed by atoms with Gasteiger partial charge >= 0.3 is 5.97 Å². The van der Waals surface area contributed by atoms with Gasteiger partial charge in [-0.1, -0.05) is 66.7 Å². The summed E-state index contributed by atoms with van der Waals surface area (Å²) in [4.78, 5) is 41.6. The predicted octanol–water partition coefficient (Wildman–Crippen LogP) is 3.48. The smallest absolute Gasteiger partial charge is 0.306 e. The molecule has 0 bridgehead atoms. The third kappa shape index (κ3) is 7.55. The van der Waals surface area contributed by atoms with Crippen LogP contribution >= 0.6 is 0 Å². The molecule has 0 saturated heterocycles. The number of nitrogens with zero attached hydrogens (tertiary/aromatic N) is 1. The maximum Gasteiger partial charge on any atom is 0.306 e. The molecule has 0 fully saturated rings. The molecule has 2 aliphatic heterocycles. The number of carbonyl (C=O) groups is 3. The average Bonchev–Trinajstić information content (AvgIpc) is 2.96. The number of amides is 2. The summed E-state index contributed by atoms with van der Waals surface area (Å²) in [7, 11) is 1.53. The molecule has 208 valence electrons. The van der Waals surface area contributed by atoms with E-state index in [9.17, 15) is 19.5 Å². The highest BCUT2D eigenvalue weighted by molar-refractivity contribution is 5.86. The molecule has 0 unspecified atom stereocenters. The normalized spacial score (nSPS) is 24.4. The molecule has 8 heteroatoms. The lowest BCUT2D eigenvalue weighted by Gasteiger charge is -2.37. The molecular formula is C31H38N2O6.